The molecule has 1 heterocycles. The lowest BCUT2D eigenvalue weighted by Gasteiger charge is -2.26. The standard InChI is InChI=1S/C12H19N3O2/c1-8-14-11(16-2)7-12(15-8)17-10-5-3-9(13)4-6-10/h7,9-10H,3-6,13H2,1-2H3. The van der Waals surface area contributed by atoms with Gasteiger partial charge in [0.05, 0.1) is 13.2 Å². The van der Waals surface area contributed by atoms with E-state index >= 15 is 0 Å². The molecule has 0 amide bonds. The third kappa shape index (κ3) is 3.30. The van der Waals surface area contributed by atoms with Gasteiger partial charge in [-0.25, -0.2) is 0 Å². The number of rotatable bonds is 3. The van der Waals surface area contributed by atoms with Crippen molar-refractivity contribution in [3.8, 4) is 11.8 Å². The molecule has 0 saturated heterocycles. The second-order valence-electron chi connectivity index (χ2n) is 4.45. The van der Waals surface area contributed by atoms with Crippen LogP contribution < -0.4 is 15.2 Å². The van der Waals surface area contributed by atoms with E-state index in [9.17, 15) is 0 Å². The first kappa shape index (κ1) is 12.1. The Bertz CT molecular complexity index is 376. The molecule has 94 valence electrons. The Morgan fingerprint density at radius 2 is 1.82 bits per heavy atom. The van der Waals surface area contributed by atoms with Gasteiger partial charge >= 0.3 is 0 Å². The molecular formula is C12H19N3O2. The quantitative estimate of drug-likeness (QED) is 0.861. The van der Waals surface area contributed by atoms with Crippen LogP contribution in [0.2, 0.25) is 0 Å². The normalized spacial score (nSPS) is 24.4. The molecule has 0 radical (unpaired) electrons. The molecule has 0 spiro atoms. The van der Waals surface area contributed by atoms with Crippen molar-refractivity contribution in [2.75, 3.05) is 7.11 Å². The monoisotopic (exact) mass is 237 g/mol. The van der Waals surface area contributed by atoms with E-state index < -0.39 is 0 Å². The van der Waals surface area contributed by atoms with E-state index in [1.165, 1.54) is 0 Å². The molecule has 2 rings (SSSR count). The number of nitrogens with zero attached hydrogens (tertiary/aromatic N) is 2. The first-order valence-corrected chi connectivity index (χ1v) is 5.99. The summed E-state index contributed by atoms with van der Waals surface area (Å²) in [5.74, 6) is 1.79. The number of ether oxygens (including phenoxy) is 2. The SMILES string of the molecule is COc1cc(OC2CCC(N)CC2)nc(C)n1. The zero-order valence-electron chi connectivity index (χ0n) is 10.3. The van der Waals surface area contributed by atoms with E-state index in [1.807, 2.05) is 6.92 Å². The molecule has 1 aromatic rings. The highest BCUT2D eigenvalue weighted by Gasteiger charge is 2.20. The van der Waals surface area contributed by atoms with Crippen molar-refractivity contribution in [2.24, 2.45) is 5.73 Å². The summed E-state index contributed by atoms with van der Waals surface area (Å²) in [5, 5.41) is 0. The highest BCUT2D eigenvalue weighted by molar-refractivity contribution is 5.20. The van der Waals surface area contributed by atoms with Crippen molar-refractivity contribution in [2.45, 2.75) is 44.8 Å². The minimum atomic E-state index is 0.216. The molecule has 1 aliphatic rings. The smallest absolute Gasteiger partial charge is 0.220 e. The maximum atomic E-state index is 5.86. The van der Waals surface area contributed by atoms with Crippen molar-refractivity contribution >= 4 is 0 Å². The fourth-order valence-electron chi connectivity index (χ4n) is 2.06. The van der Waals surface area contributed by atoms with Gasteiger partial charge in [0, 0.05) is 6.04 Å². The van der Waals surface area contributed by atoms with E-state index in [-0.39, 0.29) is 6.10 Å². The zero-order chi connectivity index (χ0) is 12.3. The van der Waals surface area contributed by atoms with E-state index in [0.717, 1.165) is 25.7 Å². The van der Waals surface area contributed by atoms with Crippen LogP contribution in [-0.4, -0.2) is 29.2 Å². The molecule has 1 aromatic heterocycles. The number of aromatic nitrogens is 2. The van der Waals surface area contributed by atoms with Crippen LogP contribution in [0.1, 0.15) is 31.5 Å². The zero-order valence-corrected chi connectivity index (χ0v) is 10.3. The van der Waals surface area contributed by atoms with Gasteiger partial charge in [-0.1, -0.05) is 0 Å². The summed E-state index contributed by atoms with van der Waals surface area (Å²) in [7, 11) is 1.59. The molecule has 17 heavy (non-hydrogen) atoms. The number of aryl methyl sites for hydroxylation is 1. The molecule has 1 saturated carbocycles. The summed E-state index contributed by atoms with van der Waals surface area (Å²) in [5.41, 5.74) is 5.86. The highest BCUT2D eigenvalue weighted by atomic mass is 16.5. The van der Waals surface area contributed by atoms with Crippen LogP contribution in [0.25, 0.3) is 0 Å². The molecule has 1 aliphatic carbocycles. The molecule has 0 aliphatic heterocycles. The predicted octanol–water partition coefficient (Wildman–Crippen LogP) is 1.44. The molecule has 2 N–H and O–H groups in total. The Morgan fingerprint density at radius 3 is 2.47 bits per heavy atom. The Labute approximate surface area is 101 Å². The number of hydrogen-bond acceptors (Lipinski definition) is 5. The van der Waals surface area contributed by atoms with Gasteiger partial charge in [0.2, 0.25) is 11.8 Å². The molecule has 0 atom stereocenters. The molecule has 0 bridgehead atoms. The van der Waals surface area contributed by atoms with Crippen molar-refractivity contribution < 1.29 is 9.47 Å². The fourth-order valence-corrected chi connectivity index (χ4v) is 2.06. The summed E-state index contributed by atoms with van der Waals surface area (Å²) in [4.78, 5) is 8.37. The van der Waals surface area contributed by atoms with Gasteiger partial charge in [-0.15, -0.1) is 0 Å². The van der Waals surface area contributed by atoms with Crippen LogP contribution >= 0.6 is 0 Å². The summed E-state index contributed by atoms with van der Waals surface area (Å²) in [6.45, 7) is 1.83. The minimum absolute atomic E-state index is 0.216. The van der Waals surface area contributed by atoms with Crippen molar-refractivity contribution in [1.29, 1.82) is 0 Å². The van der Waals surface area contributed by atoms with Gasteiger partial charge < -0.3 is 15.2 Å². The lowest BCUT2D eigenvalue weighted by Crippen LogP contribution is -2.31. The first-order valence-electron chi connectivity index (χ1n) is 5.99. The van der Waals surface area contributed by atoms with Crippen molar-refractivity contribution in [3.63, 3.8) is 0 Å². The van der Waals surface area contributed by atoms with Gasteiger partial charge in [0.15, 0.2) is 0 Å². The lowest BCUT2D eigenvalue weighted by molar-refractivity contribution is 0.140. The Hall–Kier alpha value is -1.36. The average molecular weight is 237 g/mol. The maximum Gasteiger partial charge on any atom is 0.220 e. The van der Waals surface area contributed by atoms with Gasteiger partial charge in [-0.05, 0) is 32.6 Å². The second-order valence-corrected chi connectivity index (χ2v) is 4.45. The number of hydrogen-bond donors (Lipinski definition) is 1. The summed E-state index contributed by atoms with van der Waals surface area (Å²) >= 11 is 0. The Balaban J connectivity index is 2.00. The van der Waals surface area contributed by atoms with E-state index in [1.54, 1.807) is 13.2 Å². The predicted molar refractivity (Wildman–Crippen MR) is 64.2 cm³/mol. The third-order valence-corrected chi connectivity index (χ3v) is 3.01. The number of methoxy groups -OCH3 is 1. The third-order valence-electron chi connectivity index (χ3n) is 3.01. The molecule has 1 fully saturated rings. The van der Waals surface area contributed by atoms with Crippen LogP contribution in [-0.2, 0) is 0 Å². The molecule has 0 unspecified atom stereocenters. The van der Waals surface area contributed by atoms with Gasteiger partial charge in [-0.2, -0.15) is 9.97 Å². The summed E-state index contributed by atoms with van der Waals surface area (Å²) in [6.07, 6.45) is 4.24. The fraction of sp³-hybridized carbons (Fsp3) is 0.667. The number of nitrogens with two attached hydrogens (primary N) is 1. The minimum Gasteiger partial charge on any atom is -0.481 e. The molecule has 5 heteroatoms. The van der Waals surface area contributed by atoms with Crippen molar-refractivity contribution in [1.82, 2.24) is 9.97 Å². The van der Waals surface area contributed by atoms with E-state index in [4.69, 9.17) is 15.2 Å². The van der Waals surface area contributed by atoms with E-state index in [0.29, 0.717) is 23.6 Å². The Kier molecular flexibility index (Phi) is 3.78. The molecule has 5 nitrogen and oxygen atoms in total. The maximum absolute atomic E-state index is 5.86. The largest absolute Gasteiger partial charge is 0.481 e. The molecular weight excluding hydrogens is 218 g/mol. The van der Waals surface area contributed by atoms with Crippen LogP contribution in [0.15, 0.2) is 6.07 Å². The van der Waals surface area contributed by atoms with Crippen molar-refractivity contribution in [3.05, 3.63) is 11.9 Å². The van der Waals surface area contributed by atoms with Gasteiger partial charge in [0.1, 0.15) is 11.9 Å². The molecule has 0 aromatic carbocycles. The summed E-state index contributed by atoms with van der Waals surface area (Å²) < 4.78 is 10.9. The van der Waals surface area contributed by atoms with Crippen LogP contribution in [0.3, 0.4) is 0 Å². The van der Waals surface area contributed by atoms with Crippen LogP contribution in [0.5, 0.6) is 11.8 Å². The second kappa shape index (κ2) is 5.31. The van der Waals surface area contributed by atoms with Gasteiger partial charge in [0.25, 0.3) is 0 Å². The average Bonchev–Trinajstić information content (AvgIpc) is 2.31. The topological polar surface area (TPSA) is 70.3 Å². The van der Waals surface area contributed by atoms with E-state index in [2.05, 4.69) is 9.97 Å². The summed E-state index contributed by atoms with van der Waals surface area (Å²) in [6, 6.07) is 2.05. The highest BCUT2D eigenvalue weighted by Crippen LogP contribution is 2.23. The van der Waals surface area contributed by atoms with Crippen LogP contribution in [0.4, 0.5) is 0 Å². The van der Waals surface area contributed by atoms with Gasteiger partial charge in [-0.3, -0.25) is 0 Å². The lowest BCUT2D eigenvalue weighted by atomic mass is 9.94. The first-order chi connectivity index (χ1) is 8.17. The Morgan fingerprint density at radius 1 is 1.18 bits per heavy atom. The van der Waals surface area contributed by atoms with Crippen LogP contribution in [0, 0.1) is 6.92 Å².